The highest BCUT2D eigenvalue weighted by Gasteiger charge is 2.19. The van der Waals surface area contributed by atoms with Gasteiger partial charge in [-0.3, -0.25) is 0 Å². The first-order chi connectivity index (χ1) is 9.97. The van der Waals surface area contributed by atoms with E-state index in [0.29, 0.717) is 25.7 Å². The lowest BCUT2D eigenvalue weighted by Crippen LogP contribution is -2.18. The SMILES string of the molecule is CCNC(C)c1ccccc1-c1c(Cl)cc(Cl)c(Cl)c1Cl. The van der Waals surface area contributed by atoms with Crippen molar-refractivity contribution in [2.24, 2.45) is 0 Å². The number of halogens is 4. The molecule has 0 aromatic heterocycles. The Balaban J connectivity index is 2.66. The zero-order valence-electron chi connectivity index (χ0n) is 11.7. The van der Waals surface area contributed by atoms with E-state index in [1.165, 1.54) is 0 Å². The molecule has 0 amide bonds. The maximum Gasteiger partial charge on any atom is 0.0785 e. The standard InChI is InChI=1S/C16H15Cl4N/c1-3-21-9(2)10-6-4-5-7-11(10)14-12(17)8-13(18)15(19)16(14)20/h4-9,21H,3H2,1-2H3. The quantitative estimate of drug-likeness (QED) is 0.474. The number of rotatable bonds is 4. The Bertz CT molecular complexity index is 655. The van der Waals surface area contributed by atoms with Crippen LogP contribution in [0.15, 0.2) is 30.3 Å². The van der Waals surface area contributed by atoms with Gasteiger partial charge in [0.15, 0.2) is 0 Å². The van der Waals surface area contributed by atoms with Crippen LogP contribution in [0.25, 0.3) is 11.1 Å². The maximum atomic E-state index is 6.37. The van der Waals surface area contributed by atoms with Crippen molar-refractivity contribution in [3.8, 4) is 11.1 Å². The van der Waals surface area contributed by atoms with Crippen LogP contribution < -0.4 is 5.32 Å². The molecule has 0 fully saturated rings. The molecular weight excluding hydrogens is 348 g/mol. The van der Waals surface area contributed by atoms with Crippen molar-refractivity contribution in [1.82, 2.24) is 5.32 Å². The normalized spacial score (nSPS) is 12.5. The van der Waals surface area contributed by atoms with Gasteiger partial charge in [0.05, 0.1) is 20.1 Å². The molecule has 2 aromatic carbocycles. The number of hydrogen-bond acceptors (Lipinski definition) is 1. The van der Waals surface area contributed by atoms with Crippen molar-refractivity contribution >= 4 is 46.4 Å². The van der Waals surface area contributed by atoms with Crippen molar-refractivity contribution in [3.05, 3.63) is 56.0 Å². The summed E-state index contributed by atoms with van der Waals surface area (Å²) in [6.07, 6.45) is 0. The summed E-state index contributed by atoms with van der Waals surface area (Å²) in [5.74, 6) is 0. The summed E-state index contributed by atoms with van der Waals surface area (Å²) in [5, 5.41) is 4.94. The van der Waals surface area contributed by atoms with Gasteiger partial charge in [0, 0.05) is 11.6 Å². The smallest absolute Gasteiger partial charge is 0.0785 e. The minimum atomic E-state index is 0.174. The lowest BCUT2D eigenvalue weighted by molar-refractivity contribution is 0.599. The fourth-order valence-corrected chi connectivity index (χ4v) is 3.45. The van der Waals surface area contributed by atoms with E-state index < -0.39 is 0 Å². The molecule has 0 saturated carbocycles. The van der Waals surface area contributed by atoms with E-state index in [1.807, 2.05) is 18.2 Å². The molecule has 0 aliphatic carbocycles. The highest BCUT2D eigenvalue weighted by Crippen LogP contribution is 2.44. The Morgan fingerprint density at radius 2 is 1.67 bits per heavy atom. The Labute approximate surface area is 145 Å². The molecule has 1 atom stereocenters. The first kappa shape index (κ1) is 16.9. The second-order valence-electron chi connectivity index (χ2n) is 4.71. The predicted molar refractivity (Wildman–Crippen MR) is 94.0 cm³/mol. The second-order valence-corrected chi connectivity index (χ2v) is 6.28. The molecule has 1 N–H and O–H groups in total. The van der Waals surface area contributed by atoms with E-state index in [4.69, 9.17) is 46.4 Å². The molecule has 0 aliphatic heterocycles. The molecule has 1 unspecified atom stereocenters. The van der Waals surface area contributed by atoms with Gasteiger partial charge in [-0.2, -0.15) is 0 Å². The molecule has 0 radical (unpaired) electrons. The Morgan fingerprint density at radius 1 is 1.00 bits per heavy atom. The van der Waals surface area contributed by atoms with Crippen molar-refractivity contribution in [1.29, 1.82) is 0 Å². The van der Waals surface area contributed by atoms with Crippen molar-refractivity contribution in [2.45, 2.75) is 19.9 Å². The summed E-state index contributed by atoms with van der Waals surface area (Å²) in [4.78, 5) is 0. The van der Waals surface area contributed by atoms with Crippen LogP contribution in [0, 0.1) is 0 Å². The first-order valence-corrected chi connectivity index (χ1v) is 8.14. The molecule has 0 bridgehead atoms. The van der Waals surface area contributed by atoms with Crippen LogP contribution in [0.1, 0.15) is 25.5 Å². The van der Waals surface area contributed by atoms with Crippen LogP contribution in [-0.2, 0) is 0 Å². The van der Waals surface area contributed by atoms with Crippen LogP contribution in [0.2, 0.25) is 20.1 Å². The van der Waals surface area contributed by atoms with Crippen molar-refractivity contribution in [2.75, 3.05) is 6.54 Å². The van der Waals surface area contributed by atoms with Gasteiger partial charge in [-0.25, -0.2) is 0 Å². The Morgan fingerprint density at radius 3 is 2.33 bits per heavy atom. The van der Waals surface area contributed by atoms with Crippen LogP contribution in [0.3, 0.4) is 0 Å². The fourth-order valence-electron chi connectivity index (χ4n) is 2.33. The Kier molecular flexibility index (Phi) is 5.81. The zero-order valence-corrected chi connectivity index (χ0v) is 14.7. The summed E-state index contributed by atoms with van der Waals surface area (Å²) in [5.41, 5.74) is 2.79. The number of nitrogens with one attached hydrogen (secondary N) is 1. The third kappa shape index (κ3) is 3.49. The van der Waals surface area contributed by atoms with E-state index in [-0.39, 0.29) is 6.04 Å². The molecule has 0 spiro atoms. The van der Waals surface area contributed by atoms with Gasteiger partial charge in [-0.1, -0.05) is 77.6 Å². The van der Waals surface area contributed by atoms with E-state index in [0.717, 1.165) is 17.7 Å². The molecule has 0 saturated heterocycles. The van der Waals surface area contributed by atoms with Gasteiger partial charge in [-0.05, 0) is 30.7 Å². The Hall–Kier alpha value is -0.440. The molecule has 0 heterocycles. The number of benzene rings is 2. The summed E-state index contributed by atoms with van der Waals surface area (Å²) in [6.45, 7) is 5.04. The molecule has 1 nitrogen and oxygen atoms in total. The summed E-state index contributed by atoms with van der Waals surface area (Å²) in [7, 11) is 0. The van der Waals surface area contributed by atoms with Gasteiger partial charge < -0.3 is 5.32 Å². The van der Waals surface area contributed by atoms with E-state index in [9.17, 15) is 0 Å². The minimum absolute atomic E-state index is 0.174. The van der Waals surface area contributed by atoms with Crippen LogP contribution >= 0.6 is 46.4 Å². The predicted octanol–water partition coefficient (Wildman–Crippen LogP) is 6.64. The maximum absolute atomic E-state index is 6.37. The summed E-state index contributed by atoms with van der Waals surface area (Å²) in [6, 6.07) is 9.78. The van der Waals surface area contributed by atoms with E-state index >= 15 is 0 Å². The van der Waals surface area contributed by atoms with E-state index in [1.54, 1.807) is 6.07 Å². The molecule has 112 valence electrons. The third-order valence-electron chi connectivity index (χ3n) is 3.32. The topological polar surface area (TPSA) is 12.0 Å². The highest BCUT2D eigenvalue weighted by atomic mass is 35.5. The molecule has 21 heavy (non-hydrogen) atoms. The molecule has 0 aliphatic rings. The average Bonchev–Trinajstić information content (AvgIpc) is 2.46. The van der Waals surface area contributed by atoms with Crippen LogP contribution in [0.5, 0.6) is 0 Å². The van der Waals surface area contributed by atoms with Gasteiger partial charge in [0.1, 0.15) is 0 Å². The first-order valence-electron chi connectivity index (χ1n) is 6.63. The van der Waals surface area contributed by atoms with Gasteiger partial charge in [0.2, 0.25) is 0 Å². The van der Waals surface area contributed by atoms with Crippen molar-refractivity contribution < 1.29 is 0 Å². The lowest BCUT2D eigenvalue weighted by atomic mass is 9.95. The second kappa shape index (κ2) is 7.21. The van der Waals surface area contributed by atoms with E-state index in [2.05, 4.69) is 25.2 Å². The lowest BCUT2D eigenvalue weighted by Gasteiger charge is -2.19. The summed E-state index contributed by atoms with van der Waals surface area (Å²) >= 11 is 24.9. The third-order valence-corrected chi connectivity index (χ3v) is 4.88. The molecular formula is C16H15Cl4N. The van der Waals surface area contributed by atoms with Crippen LogP contribution in [0.4, 0.5) is 0 Å². The monoisotopic (exact) mass is 361 g/mol. The molecule has 2 rings (SSSR count). The van der Waals surface area contributed by atoms with Gasteiger partial charge >= 0.3 is 0 Å². The number of hydrogen-bond donors (Lipinski definition) is 1. The molecule has 2 aromatic rings. The highest BCUT2D eigenvalue weighted by molar-refractivity contribution is 6.51. The van der Waals surface area contributed by atoms with Gasteiger partial charge in [-0.15, -0.1) is 0 Å². The zero-order chi connectivity index (χ0) is 15.6. The minimum Gasteiger partial charge on any atom is -0.310 e. The van der Waals surface area contributed by atoms with Crippen LogP contribution in [-0.4, -0.2) is 6.54 Å². The molecule has 5 heteroatoms. The fraction of sp³-hybridized carbons (Fsp3) is 0.250. The van der Waals surface area contributed by atoms with Gasteiger partial charge in [0.25, 0.3) is 0 Å². The average molecular weight is 363 g/mol. The largest absolute Gasteiger partial charge is 0.310 e. The van der Waals surface area contributed by atoms with Crippen molar-refractivity contribution in [3.63, 3.8) is 0 Å². The summed E-state index contributed by atoms with van der Waals surface area (Å²) < 4.78 is 0.